The second kappa shape index (κ2) is 8.33. The van der Waals surface area contributed by atoms with Gasteiger partial charge in [0.15, 0.2) is 11.6 Å². The minimum absolute atomic E-state index is 0.689. The molecule has 0 radical (unpaired) electrons. The number of nitrogens with zero attached hydrogens (tertiary/aromatic N) is 3. The Morgan fingerprint density at radius 3 is 1.55 bits per heavy atom. The zero-order valence-electron chi connectivity index (χ0n) is 17.2. The minimum Gasteiger partial charge on any atom is -0.213 e. The van der Waals surface area contributed by atoms with Crippen LogP contribution in [0.4, 0.5) is 0 Å². The fourth-order valence-corrected chi connectivity index (χ4v) is 3.72. The van der Waals surface area contributed by atoms with Gasteiger partial charge in [-0.05, 0) is 29.2 Å². The summed E-state index contributed by atoms with van der Waals surface area (Å²) in [6.45, 7) is 1.91. The van der Waals surface area contributed by atoms with Crippen LogP contribution in [-0.4, -0.2) is 15.0 Å². The van der Waals surface area contributed by atoms with Crippen LogP contribution in [0.2, 0.25) is 0 Å². The number of rotatable bonds is 4. The van der Waals surface area contributed by atoms with Crippen molar-refractivity contribution in [1.82, 2.24) is 15.0 Å². The molecule has 3 nitrogen and oxygen atoms in total. The zero-order chi connectivity index (χ0) is 21.0. The average Bonchev–Trinajstić information content (AvgIpc) is 2.85. The first-order chi connectivity index (χ1) is 15.3. The van der Waals surface area contributed by atoms with Gasteiger partial charge >= 0.3 is 0 Å². The number of aryl methyl sites for hydroxylation is 1. The summed E-state index contributed by atoms with van der Waals surface area (Å²) in [5.41, 5.74) is 6.63. The maximum Gasteiger partial charge on any atom is 0.164 e. The molecule has 0 aliphatic rings. The first-order valence-corrected chi connectivity index (χ1v) is 10.3. The molecular formula is C28H21N3. The predicted octanol–water partition coefficient (Wildman–Crippen LogP) is 6.85. The second-order valence-electron chi connectivity index (χ2n) is 7.38. The molecule has 0 fully saturated rings. The standard InChI is InChI=1S/C28H21N3/c1-20-29-27(24-12-6-3-7-13-24)31-28(30-20)26-15-9-8-14-25(26)23-18-16-22(17-19-23)21-10-4-2-5-11-21/h2-19H,1H3. The van der Waals surface area contributed by atoms with Crippen molar-refractivity contribution in [2.24, 2.45) is 0 Å². The van der Waals surface area contributed by atoms with Crippen LogP contribution in [0.25, 0.3) is 45.0 Å². The van der Waals surface area contributed by atoms with Gasteiger partial charge in [-0.1, -0.05) is 109 Å². The third kappa shape index (κ3) is 3.99. The highest BCUT2D eigenvalue weighted by Gasteiger charge is 2.13. The van der Waals surface area contributed by atoms with E-state index in [9.17, 15) is 0 Å². The largest absolute Gasteiger partial charge is 0.213 e. The van der Waals surface area contributed by atoms with Gasteiger partial charge in [0.25, 0.3) is 0 Å². The van der Waals surface area contributed by atoms with Crippen molar-refractivity contribution in [3.05, 3.63) is 115 Å². The van der Waals surface area contributed by atoms with Crippen molar-refractivity contribution in [2.45, 2.75) is 6.92 Å². The molecule has 0 atom stereocenters. The van der Waals surface area contributed by atoms with Gasteiger partial charge in [0.2, 0.25) is 0 Å². The Hall–Kier alpha value is -4.11. The van der Waals surface area contributed by atoms with Crippen LogP contribution < -0.4 is 0 Å². The molecule has 0 amide bonds. The van der Waals surface area contributed by atoms with Crippen molar-refractivity contribution in [3.8, 4) is 45.0 Å². The maximum atomic E-state index is 4.80. The van der Waals surface area contributed by atoms with Crippen molar-refractivity contribution >= 4 is 0 Å². The summed E-state index contributed by atoms with van der Waals surface area (Å²) in [6, 6.07) is 37.4. The highest BCUT2D eigenvalue weighted by atomic mass is 15.0. The van der Waals surface area contributed by atoms with Crippen molar-refractivity contribution in [3.63, 3.8) is 0 Å². The van der Waals surface area contributed by atoms with Gasteiger partial charge in [0, 0.05) is 11.1 Å². The van der Waals surface area contributed by atoms with Gasteiger partial charge in [-0.2, -0.15) is 0 Å². The van der Waals surface area contributed by atoms with Crippen LogP contribution in [0, 0.1) is 6.92 Å². The molecule has 5 aromatic rings. The van der Waals surface area contributed by atoms with Gasteiger partial charge in [0.1, 0.15) is 5.82 Å². The normalized spacial score (nSPS) is 10.7. The van der Waals surface area contributed by atoms with Gasteiger partial charge in [-0.25, -0.2) is 15.0 Å². The first kappa shape index (κ1) is 18.9. The lowest BCUT2D eigenvalue weighted by atomic mass is 9.96. The molecule has 148 valence electrons. The van der Waals surface area contributed by atoms with Gasteiger partial charge in [-0.15, -0.1) is 0 Å². The van der Waals surface area contributed by atoms with Crippen LogP contribution >= 0.6 is 0 Å². The summed E-state index contributed by atoms with van der Waals surface area (Å²) in [5.74, 6) is 2.09. The van der Waals surface area contributed by atoms with Crippen LogP contribution in [0.1, 0.15) is 5.82 Å². The van der Waals surface area contributed by atoms with Crippen LogP contribution in [0.15, 0.2) is 109 Å². The Morgan fingerprint density at radius 1 is 0.387 bits per heavy atom. The summed E-state index contributed by atoms with van der Waals surface area (Å²) < 4.78 is 0. The highest BCUT2D eigenvalue weighted by Crippen LogP contribution is 2.32. The lowest BCUT2D eigenvalue weighted by Crippen LogP contribution is -2.00. The fourth-order valence-electron chi connectivity index (χ4n) is 3.72. The molecule has 31 heavy (non-hydrogen) atoms. The van der Waals surface area contributed by atoms with E-state index in [0.29, 0.717) is 17.5 Å². The van der Waals surface area contributed by atoms with Gasteiger partial charge < -0.3 is 0 Å². The number of hydrogen-bond acceptors (Lipinski definition) is 3. The van der Waals surface area contributed by atoms with E-state index in [1.165, 1.54) is 11.1 Å². The molecule has 0 N–H and O–H groups in total. The number of hydrogen-bond donors (Lipinski definition) is 0. The van der Waals surface area contributed by atoms with Crippen molar-refractivity contribution in [2.75, 3.05) is 0 Å². The molecule has 5 rings (SSSR count). The maximum absolute atomic E-state index is 4.80. The fraction of sp³-hybridized carbons (Fsp3) is 0.0357. The molecule has 1 aromatic heterocycles. The molecule has 0 aliphatic heterocycles. The molecule has 3 heteroatoms. The smallest absolute Gasteiger partial charge is 0.164 e. The quantitative estimate of drug-likeness (QED) is 0.332. The highest BCUT2D eigenvalue weighted by molar-refractivity contribution is 5.82. The molecule has 0 saturated heterocycles. The lowest BCUT2D eigenvalue weighted by molar-refractivity contribution is 0.992. The third-order valence-electron chi connectivity index (χ3n) is 5.25. The topological polar surface area (TPSA) is 38.7 Å². The number of aromatic nitrogens is 3. The van der Waals surface area contributed by atoms with E-state index in [2.05, 4.69) is 76.7 Å². The zero-order valence-corrected chi connectivity index (χ0v) is 17.2. The van der Waals surface area contributed by atoms with Crippen LogP contribution in [0.3, 0.4) is 0 Å². The first-order valence-electron chi connectivity index (χ1n) is 10.3. The monoisotopic (exact) mass is 399 g/mol. The Kier molecular flexibility index (Phi) is 5.07. The summed E-state index contributed by atoms with van der Waals surface area (Å²) in [7, 11) is 0. The average molecular weight is 399 g/mol. The summed E-state index contributed by atoms with van der Waals surface area (Å²) >= 11 is 0. The van der Waals surface area contributed by atoms with Gasteiger partial charge in [-0.3, -0.25) is 0 Å². The third-order valence-corrected chi connectivity index (χ3v) is 5.25. The van der Waals surface area contributed by atoms with Crippen LogP contribution in [-0.2, 0) is 0 Å². The van der Waals surface area contributed by atoms with Gasteiger partial charge in [0.05, 0.1) is 0 Å². The molecule has 0 spiro atoms. The molecule has 0 aliphatic carbocycles. The van der Waals surface area contributed by atoms with Crippen molar-refractivity contribution in [1.29, 1.82) is 0 Å². The molecule has 0 unspecified atom stereocenters. The molecule has 1 heterocycles. The van der Waals surface area contributed by atoms with Crippen LogP contribution in [0.5, 0.6) is 0 Å². The molecule has 0 saturated carbocycles. The van der Waals surface area contributed by atoms with Crippen molar-refractivity contribution < 1.29 is 0 Å². The number of benzene rings is 4. The Labute approximate surface area is 182 Å². The van der Waals surface area contributed by atoms with E-state index in [0.717, 1.165) is 22.3 Å². The Balaban J connectivity index is 1.57. The second-order valence-corrected chi connectivity index (χ2v) is 7.38. The Bertz CT molecular complexity index is 1310. The SMILES string of the molecule is Cc1nc(-c2ccccc2)nc(-c2ccccc2-c2ccc(-c3ccccc3)cc2)n1. The molecule has 0 bridgehead atoms. The van der Waals surface area contributed by atoms with E-state index in [1.807, 2.05) is 49.4 Å². The summed E-state index contributed by atoms with van der Waals surface area (Å²) in [4.78, 5) is 14.0. The predicted molar refractivity (Wildman–Crippen MR) is 126 cm³/mol. The summed E-state index contributed by atoms with van der Waals surface area (Å²) in [6.07, 6.45) is 0. The summed E-state index contributed by atoms with van der Waals surface area (Å²) in [5, 5.41) is 0. The van der Waals surface area contributed by atoms with E-state index in [1.54, 1.807) is 0 Å². The molecular weight excluding hydrogens is 378 g/mol. The Morgan fingerprint density at radius 2 is 0.871 bits per heavy atom. The van der Waals surface area contributed by atoms with E-state index >= 15 is 0 Å². The van der Waals surface area contributed by atoms with E-state index in [-0.39, 0.29) is 0 Å². The lowest BCUT2D eigenvalue weighted by Gasteiger charge is -2.11. The minimum atomic E-state index is 0.689. The molecule has 4 aromatic carbocycles. The van der Waals surface area contributed by atoms with E-state index in [4.69, 9.17) is 4.98 Å². The van der Waals surface area contributed by atoms with E-state index < -0.39 is 0 Å².